The normalized spacial score (nSPS) is 21.9. The van der Waals surface area contributed by atoms with Gasteiger partial charge in [0.2, 0.25) is 0 Å². The molecule has 0 amide bonds. The van der Waals surface area contributed by atoms with Gasteiger partial charge in [-0.3, -0.25) is 0 Å². The van der Waals surface area contributed by atoms with Crippen molar-refractivity contribution in [1.82, 2.24) is 29.8 Å². The van der Waals surface area contributed by atoms with Crippen LogP contribution in [0.1, 0.15) is 35.8 Å². The van der Waals surface area contributed by atoms with Crippen molar-refractivity contribution in [3.63, 3.8) is 0 Å². The Balaban J connectivity index is 1.53. The monoisotopic (exact) mass is 586 g/mol. The molecule has 206 valence electrons. The molecule has 2 N–H and O–H groups in total. The first-order valence-corrected chi connectivity index (χ1v) is 12.3. The number of rotatable bonds is 5. The molecule has 2 aromatic heterocycles. The highest BCUT2D eigenvalue weighted by atomic mass is 35.5. The molecule has 1 aliphatic heterocycles. The van der Waals surface area contributed by atoms with Gasteiger partial charge in [-0.2, -0.15) is 18.3 Å². The molecule has 0 saturated carbocycles. The second-order valence-electron chi connectivity index (χ2n) is 8.94. The zero-order valence-electron chi connectivity index (χ0n) is 20.0. The number of ether oxygens (including phenoxy) is 1. The summed E-state index contributed by atoms with van der Waals surface area (Å²) in [6, 6.07) is 6.35. The third kappa shape index (κ3) is 5.37. The number of nitrogens with zero attached hydrogens (tertiary/aromatic N) is 6. The third-order valence-corrected chi connectivity index (χ3v) is 6.88. The number of aryl methyl sites for hydroxylation is 1. The molecule has 0 bridgehead atoms. The summed E-state index contributed by atoms with van der Waals surface area (Å²) in [6.45, 7) is 0.904. The van der Waals surface area contributed by atoms with Crippen LogP contribution in [0, 0.1) is 12.7 Å². The Morgan fingerprint density at radius 2 is 1.92 bits per heavy atom. The smallest absolute Gasteiger partial charge is 0.394 e. The summed E-state index contributed by atoms with van der Waals surface area (Å²) in [5.41, 5.74) is -0.671. The fraction of sp³-hybridized carbons (Fsp3) is 0.333. The Bertz CT molecular complexity index is 1510. The third-order valence-electron chi connectivity index (χ3n) is 6.33. The van der Waals surface area contributed by atoms with Crippen LogP contribution in [0.15, 0.2) is 42.6 Å². The molecule has 39 heavy (non-hydrogen) atoms. The fourth-order valence-corrected chi connectivity index (χ4v) is 4.78. The lowest BCUT2D eigenvalue weighted by Crippen LogP contribution is -2.45. The van der Waals surface area contributed by atoms with E-state index in [0.717, 1.165) is 22.9 Å². The van der Waals surface area contributed by atoms with Gasteiger partial charge in [0.1, 0.15) is 35.6 Å². The SMILES string of the molecule is Cc1nc(C2CC(n3cc(-c4ccc(Cl)c(F)c4)nn3)C(O)C(CO)O2)n(-c2cc(Cl)ccc2C(F)(F)F)n1. The minimum Gasteiger partial charge on any atom is -0.394 e. The van der Waals surface area contributed by atoms with E-state index < -0.39 is 48.5 Å². The van der Waals surface area contributed by atoms with Crippen molar-refractivity contribution in [2.45, 2.75) is 43.9 Å². The van der Waals surface area contributed by atoms with Gasteiger partial charge in [-0.25, -0.2) is 18.7 Å². The standard InChI is InChI=1S/C24H20Cl2F4N6O3/c1-11-31-23(36(33-11)18-7-13(25)3-4-14(18)24(28,29)30)20-8-19(22(38)21(10-37)39-20)35-9-17(32-34-35)12-2-5-15(26)16(27)6-12/h2-7,9,19-22,37-38H,8,10H2,1H3. The van der Waals surface area contributed by atoms with Gasteiger partial charge >= 0.3 is 6.18 Å². The lowest BCUT2D eigenvalue weighted by molar-refractivity contribution is -0.161. The first-order chi connectivity index (χ1) is 18.5. The Morgan fingerprint density at radius 1 is 1.15 bits per heavy atom. The summed E-state index contributed by atoms with van der Waals surface area (Å²) >= 11 is 11.8. The fourth-order valence-electron chi connectivity index (χ4n) is 4.50. The van der Waals surface area contributed by atoms with E-state index in [1.165, 1.54) is 29.9 Å². The van der Waals surface area contributed by atoms with Crippen molar-refractivity contribution in [3.05, 3.63) is 75.7 Å². The Labute approximate surface area is 228 Å². The molecule has 3 heterocycles. The molecule has 4 unspecified atom stereocenters. The van der Waals surface area contributed by atoms with E-state index in [1.807, 2.05) is 0 Å². The number of benzene rings is 2. The van der Waals surface area contributed by atoms with E-state index in [-0.39, 0.29) is 39.5 Å². The number of hydrogen-bond acceptors (Lipinski definition) is 7. The Morgan fingerprint density at radius 3 is 2.62 bits per heavy atom. The number of alkyl halides is 3. The van der Waals surface area contributed by atoms with E-state index >= 15 is 0 Å². The molecule has 1 saturated heterocycles. The zero-order valence-corrected chi connectivity index (χ0v) is 21.5. The van der Waals surface area contributed by atoms with E-state index in [1.54, 1.807) is 6.07 Å². The van der Waals surface area contributed by atoms with E-state index in [9.17, 15) is 27.8 Å². The first kappa shape index (κ1) is 27.5. The molecular weight excluding hydrogens is 567 g/mol. The van der Waals surface area contributed by atoms with Gasteiger partial charge in [-0.1, -0.05) is 34.5 Å². The summed E-state index contributed by atoms with van der Waals surface area (Å²) in [5.74, 6) is -0.474. The quantitative estimate of drug-likeness (QED) is 0.325. The van der Waals surface area contributed by atoms with Crippen LogP contribution < -0.4 is 0 Å². The molecule has 0 radical (unpaired) electrons. The molecule has 1 fully saturated rings. The van der Waals surface area contributed by atoms with Crippen LogP contribution in [-0.2, 0) is 10.9 Å². The summed E-state index contributed by atoms with van der Waals surface area (Å²) in [6.07, 6.45) is -6.68. The molecule has 0 spiro atoms. The number of halogens is 6. The highest BCUT2D eigenvalue weighted by Gasteiger charge is 2.42. The second kappa shape index (κ2) is 10.5. The molecule has 5 rings (SSSR count). The van der Waals surface area contributed by atoms with E-state index in [0.29, 0.717) is 5.56 Å². The predicted octanol–water partition coefficient (Wildman–Crippen LogP) is 4.72. The van der Waals surface area contributed by atoms with Gasteiger partial charge in [-0.15, -0.1) is 5.10 Å². The molecule has 9 nitrogen and oxygen atoms in total. The van der Waals surface area contributed by atoms with Crippen molar-refractivity contribution in [1.29, 1.82) is 0 Å². The van der Waals surface area contributed by atoms with Crippen LogP contribution in [0.4, 0.5) is 17.6 Å². The predicted molar refractivity (Wildman–Crippen MR) is 131 cm³/mol. The van der Waals surface area contributed by atoms with Crippen LogP contribution in [0.5, 0.6) is 0 Å². The van der Waals surface area contributed by atoms with Crippen LogP contribution in [0.25, 0.3) is 16.9 Å². The number of aliphatic hydroxyl groups excluding tert-OH is 2. The van der Waals surface area contributed by atoms with Crippen molar-refractivity contribution >= 4 is 23.2 Å². The van der Waals surface area contributed by atoms with Gasteiger partial charge in [0.15, 0.2) is 5.82 Å². The maximum atomic E-state index is 14.0. The highest BCUT2D eigenvalue weighted by molar-refractivity contribution is 6.31. The highest BCUT2D eigenvalue weighted by Crippen LogP contribution is 2.40. The molecule has 2 aromatic carbocycles. The van der Waals surface area contributed by atoms with E-state index in [4.69, 9.17) is 27.9 Å². The average Bonchev–Trinajstić information content (AvgIpc) is 3.52. The minimum atomic E-state index is -4.71. The van der Waals surface area contributed by atoms with Crippen LogP contribution >= 0.6 is 23.2 Å². The molecular formula is C24H20Cl2F4N6O3. The Kier molecular flexibility index (Phi) is 7.37. The van der Waals surface area contributed by atoms with E-state index in [2.05, 4.69) is 20.4 Å². The van der Waals surface area contributed by atoms with Gasteiger partial charge in [0.25, 0.3) is 0 Å². The second-order valence-corrected chi connectivity index (χ2v) is 9.78. The van der Waals surface area contributed by atoms with Crippen LogP contribution in [-0.4, -0.2) is 58.8 Å². The number of hydrogen-bond donors (Lipinski definition) is 2. The minimum absolute atomic E-state index is 0.00993. The lowest BCUT2D eigenvalue weighted by Gasteiger charge is -2.38. The van der Waals surface area contributed by atoms with Gasteiger partial charge < -0.3 is 14.9 Å². The zero-order chi connectivity index (χ0) is 28.1. The maximum absolute atomic E-state index is 14.0. The van der Waals surface area contributed by atoms with Crippen molar-refractivity contribution in [2.75, 3.05) is 6.61 Å². The maximum Gasteiger partial charge on any atom is 0.418 e. The largest absolute Gasteiger partial charge is 0.418 e. The number of aromatic nitrogens is 6. The average molecular weight is 587 g/mol. The molecule has 4 atom stereocenters. The summed E-state index contributed by atoms with van der Waals surface area (Å²) in [5, 5.41) is 33.1. The molecule has 1 aliphatic rings. The van der Waals surface area contributed by atoms with Gasteiger partial charge in [-0.05, 0) is 37.3 Å². The molecule has 4 aromatic rings. The summed E-state index contributed by atoms with van der Waals surface area (Å²) in [7, 11) is 0. The number of aliphatic hydroxyl groups is 2. The van der Waals surface area contributed by atoms with Crippen molar-refractivity contribution in [2.24, 2.45) is 0 Å². The van der Waals surface area contributed by atoms with Crippen LogP contribution in [0.3, 0.4) is 0 Å². The molecule has 0 aliphatic carbocycles. The van der Waals surface area contributed by atoms with Crippen molar-refractivity contribution < 1.29 is 32.5 Å². The summed E-state index contributed by atoms with van der Waals surface area (Å²) in [4.78, 5) is 4.31. The summed E-state index contributed by atoms with van der Waals surface area (Å²) < 4.78 is 63.7. The van der Waals surface area contributed by atoms with Crippen LogP contribution in [0.2, 0.25) is 10.0 Å². The van der Waals surface area contributed by atoms with Gasteiger partial charge in [0.05, 0.1) is 35.1 Å². The van der Waals surface area contributed by atoms with Gasteiger partial charge in [0, 0.05) is 17.0 Å². The Hall–Kier alpha value is -3.10. The van der Waals surface area contributed by atoms with Crippen molar-refractivity contribution in [3.8, 4) is 16.9 Å². The lowest BCUT2D eigenvalue weighted by atomic mass is 9.95. The first-order valence-electron chi connectivity index (χ1n) is 11.6. The topological polar surface area (TPSA) is 111 Å². The molecule has 15 heteroatoms.